The third-order valence-corrected chi connectivity index (χ3v) is 10.1. The fraction of sp³-hybridized carbons (Fsp3) is 0.629. The lowest BCUT2D eigenvalue weighted by Gasteiger charge is -2.53. The van der Waals surface area contributed by atoms with Gasteiger partial charge in [0.15, 0.2) is 12.6 Å². The first-order valence-corrected chi connectivity index (χ1v) is 15.6. The Balaban J connectivity index is 1.25. The number of fused-ring (bicyclic) bond motifs is 5. The van der Waals surface area contributed by atoms with Gasteiger partial charge in [-0.3, -0.25) is 4.79 Å². The number of Topliss-reactive ketones (excluding diaryl/α,β-unsaturated/α-hetero) is 1. The zero-order chi connectivity index (χ0) is 28.7. The van der Waals surface area contributed by atoms with Crippen molar-refractivity contribution in [3.8, 4) is 5.75 Å². The maximum absolute atomic E-state index is 14.2. The molecule has 0 N–H and O–H groups in total. The molecule has 6 heteroatoms. The molecule has 2 aromatic rings. The van der Waals surface area contributed by atoms with Gasteiger partial charge in [-0.15, -0.1) is 0 Å². The number of unbranched alkanes of at least 4 members (excludes halogenated alkanes) is 3. The minimum atomic E-state index is 0.0466. The first-order chi connectivity index (χ1) is 20.1. The van der Waals surface area contributed by atoms with E-state index in [1.165, 1.54) is 11.1 Å². The predicted octanol–water partition coefficient (Wildman–Crippen LogP) is 7.55. The summed E-state index contributed by atoms with van der Waals surface area (Å²) in [6.07, 6.45) is 9.92. The average molecular weight is 565 g/mol. The molecular weight excluding hydrogens is 516 g/mol. The number of hydrogen-bond acceptors (Lipinski definition) is 6. The Morgan fingerprint density at radius 2 is 1.71 bits per heavy atom. The van der Waals surface area contributed by atoms with Gasteiger partial charge in [0.2, 0.25) is 0 Å². The van der Waals surface area contributed by atoms with Crippen molar-refractivity contribution < 1.29 is 28.5 Å². The predicted molar refractivity (Wildman–Crippen MR) is 159 cm³/mol. The fourth-order valence-corrected chi connectivity index (χ4v) is 8.17. The number of ketones is 1. The molecule has 0 unspecified atom stereocenters. The summed E-state index contributed by atoms with van der Waals surface area (Å²) in [5, 5.41) is 0. The quantitative estimate of drug-likeness (QED) is 0.164. The van der Waals surface area contributed by atoms with Crippen LogP contribution < -0.4 is 4.74 Å². The maximum Gasteiger partial charge on any atom is 0.188 e. The Morgan fingerprint density at radius 3 is 2.51 bits per heavy atom. The normalized spacial score (nSPS) is 28.7. The molecule has 0 saturated heterocycles. The molecule has 2 aromatic carbocycles. The summed E-state index contributed by atoms with van der Waals surface area (Å²) >= 11 is 0. The van der Waals surface area contributed by atoms with Crippen molar-refractivity contribution in [2.24, 2.45) is 23.2 Å². The van der Waals surface area contributed by atoms with Crippen LogP contribution in [0.2, 0.25) is 0 Å². The number of hydrogen-bond donors (Lipinski definition) is 0. The van der Waals surface area contributed by atoms with Gasteiger partial charge in [-0.25, -0.2) is 0 Å². The van der Waals surface area contributed by atoms with E-state index in [-0.39, 0.29) is 24.2 Å². The van der Waals surface area contributed by atoms with Crippen LogP contribution in [0.1, 0.15) is 92.1 Å². The molecule has 0 aliphatic heterocycles. The van der Waals surface area contributed by atoms with E-state index < -0.39 is 0 Å². The van der Waals surface area contributed by atoms with E-state index in [1.54, 1.807) is 14.2 Å². The molecule has 6 nitrogen and oxygen atoms in total. The van der Waals surface area contributed by atoms with E-state index in [2.05, 4.69) is 37.3 Å². The Morgan fingerprint density at radius 1 is 0.902 bits per heavy atom. The van der Waals surface area contributed by atoms with Crippen LogP contribution in [-0.4, -0.2) is 46.3 Å². The lowest BCUT2D eigenvalue weighted by Crippen LogP contribution is -2.49. The van der Waals surface area contributed by atoms with E-state index >= 15 is 0 Å². The second-order valence-corrected chi connectivity index (χ2v) is 12.5. The minimum absolute atomic E-state index is 0.0466. The summed E-state index contributed by atoms with van der Waals surface area (Å²) in [4.78, 5) is 14.2. The molecule has 3 aliphatic carbocycles. The third-order valence-electron chi connectivity index (χ3n) is 10.1. The Hall–Kier alpha value is -2.25. The van der Waals surface area contributed by atoms with Gasteiger partial charge in [-0.1, -0.05) is 62.6 Å². The highest BCUT2D eigenvalue weighted by Gasteiger charge is 2.58. The van der Waals surface area contributed by atoms with Crippen molar-refractivity contribution >= 4 is 5.78 Å². The van der Waals surface area contributed by atoms with Crippen LogP contribution in [0.4, 0.5) is 0 Å². The van der Waals surface area contributed by atoms with Gasteiger partial charge in [-0.2, -0.15) is 0 Å². The van der Waals surface area contributed by atoms with Crippen LogP contribution in [0.5, 0.6) is 5.75 Å². The molecule has 5 rings (SSSR count). The van der Waals surface area contributed by atoms with Gasteiger partial charge in [-0.05, 0) is 85.0 Å². The maximum atomic E-state index is 14.2. The Labute approximate surface area is 246 Å². The minimum Gasteiger partial charge on any atom is -0.468 e. The summed E-state index contributed by atoms with van der Waals surface area (Å²) in [6.45, 7) is 4.38. The molecule has 0 heterocycles. The topological polar surface area (TPSA) is 63.2 Å². The summed E-state index contributed by atoms with van der Waals surface area (Å²) in [5.74, 6) is 2.33. The van der Waals surface area contributed by atoms with E-state index in [0.29, 0.717) is 42.7 Å². The number of carbonyl (C=O) groups excluding carboxylic acids is 1. The van der Waals surface area contributed by atoms with Crippen LogP contribution in [0, 0.1) is 23.2 Å². The van der Waals surface area contributed by atoms with Crippen molar-refractivity contribution in [3.05, 3.63) is 65.2 Å². The first-order valence-electron chi connectivity index (χ1n) is 15.6. The summed E-state index contributed by atoms with van der Waals surface area (Å²) < 4.78 is 28.2. The molecule has 0 amide bonds. The van der Waals surface area contributed by atoms with E-state index in [4.69, 9.17) is 23.7 Å². The molecule has 0 radical (unpaired) electrons. The van der Waals surface area contributed by atoms with Crippen LogP contribution in [0.25, 0.3) is 0 Å². The summed E-state index contributed by atoms with van der Waals surface area (Å²) in [5.41, 5.74) is 3.40. The standard InChI is InChI=1S/C35H48O6/c1-35-19-18-28-27-15-14-26(40-23-37-2)21-30(27)34(36)29(33(28)31(35)16-17-32(35)41-24-38-3)13-9-4-5-10-20-39-22-25-11-7-6-8-12-25/h6-8,11-12,14-15,21,28-29,31-33H,4-5,9-10,13,16-20,22-24H2,1-3H3/t28-,29+,31+,32+,33+,35+/m1/s1. The SMILES string of the molecule is COCOc1ccc2c(c1)C(=O)[C@@H](CCCCCCOCc1ccccc1)[C@@H]1[C@@H]2CC[C@]2(C)[C@@H](OCOC)CC[C@@H]12. The highest BCUT2D eigenvalue weighted by Crippen LogP contribution is 2.63. The molecule has 0 bridgehead atoms. The molecule has 2 saturated carbocycles. The van der Waals surface area contributed by atoms with E-state index in [0.717, 1.165) is 70.0 Å². The zero-order valence-electron chi connectivity index (χ0n) is 25.1. The highest BCUT2D eigenvalue weighted by atomic mass is 16.7. The number of methoxy groups -OCH3 is 2. The van der Waals surface area contributed by atoms with Gasteiger partial charge in [0.1, 0.15) is 12.5 Å². The van der Waals surface area contributed by atoms with Crippen LogP contribution in [0.15, 0.2) is 48.5 Å². The molecule has 6 atom stereocenters. The smallest absolute Gasteiger partial charge is 0.188 e. The number of ether oxygens (including phenoxy) is 5. The van der Waals surface area contributed by atoms with Gasteiger partial charge >= 0.3 is 0 Å². The second-order valence-electron chi connectivity index (χ2n) is 12.5. The molecule has 41 heavy (non-hydrogen) atoms. The van der Waals surface area contributed by atoms with Crippen molar-refractivity contribution in [1.82, 2.24) is 0 Å². The summed E-state index contributed by atoms with van der Waals surface area (Å²) in [7, 11) is 3.31. The Bertz CT molecular complexity index is 1120. The zero-order valence-corrected chi connectivity index (χ0v) is 25.1. The molecule has 224 valence electrons. The van der Waals surface area contributed by atoms with Crippen LogP contribution >= 0.6 is 0 Å². The molecule has 0 spiro atoms. The van der Waals surface area contributed by atoms with Gasteiger partial charge in [0, 0.05) is 32.3 Å². The number of carbonyl (C=O) groups is 1. The van der Waals surface area contributed by atoms with E-state index in [1.807, 2.05) is 18.2 Å². The lowest BCUT2D eigenvalue weighted by atomic mass is 9.51. The fourth-order valence-electron chi connectivity index (χ4n) is 8.17. The van der Waals surface area contributed by atoms with Crippen molar-refractivity contribution in [2.45, 2.75) is 83.3 Å². The van der Waals surface area contributed by atoms with Crippen molar-refractivity contribution in [2.75, 3.05) is 34.4 Å². The highest BCUT2D eigenvalue weighted by molar-refractivity contribution is 6.01. The van der Waals surface area contributed by atoms with Crippen molar-refractivity contribution in [1.29, 1.82) is 0 Å². The second kappa shape index (κ2) is 14.3. The first kappa shape index (κ1) is 30.2. The molecule has 0 aromatic heterocycles. The molecular formula is C35H48O6. The van der Waals surface area contributed by atoms with Crippen molar-refractivity contribution in [3.63, 3.8) is 0 Å². The van der Waals surface area contributed by atoms with Crippen LogP contribution in [0.3, 0.4) is 0 Å². The average Bonchev–Trinajstić information content (AvgIpc) is 3.34. The lowest BCUT2D eigenvalue weighted by molar-refractivity contribution is -0.127. The monoisotopic (exact) mass is 564 g/mol. The van der Waals surface area contributed by atoms with Gasteiger partial charge in [0.05, 0.1) is 12.7 Å². The summed E-state index contributed by atoms with van der Waals surface area (Å²) in [6, 6.07) is 16.5. The number of rotatable bonds is 15. The molecule has 2 fully saturated rings. The number of benzene rings is 2. The third kappa shape index (κ3) is 6.72. The van der Waals surface area contributed by atoms with Gasteiger partial charge < -0.3 is 23.7 Å². The Kier molecular flexibility index (Phi) is 10.5. The van der Waals surface area contributed by atoms with Crippen LogP contribution in [-0.2, 0) is 25.6 Å². The molecule has 3 aliphatic rings. The largest absolute Gasteiger partial charge is 0.468 e. The van der Waals surface area contributed by atoms with E-state index in [9.17, 15) is 4.79 Å². The van der Waals surface area contributed by atoms with Gasteiger partial charge in [0.25, 0.3) is 0 Å².